The number of rotatable bonds is 19. The van der Waals surface area contributed by atoms with E-state index in [9.17, 15) is 10.5 Å². The molecular weight excluding hydrogens is 935 g/mol. The Labute approximate surface area is 447 Å². The van der Waals surface area contributed by atoms with Gasteiger partial charge in [-0.1, -0.05) is 221 Å². The summed E-state index contributed by atoms with van der Waals surface area (Å²) in [7, 11) is 0. The van der Waals surface area contributed by atoms with E-state index in [0.717, 1.165) is 44.6 Å². The van der Waals surface area contributed by atoms with Crippen LogP contribution >= 0.6 is 0 Å². The number of azo groups is 1. The predicted molar refractivity (Wildman–Crippen MR) is 304 cm³/mol. The van der Waals surface area contributed by atoms with Crippen molar-refractivity contribution in [3.05, 3.63) is 310 Å². The van der Waals surface area contributed by atoms with Gasteiger partial charge in [-0.05, 0) is 93.6 Å². The number of hydrogen-bond acceptors (Lipinski definition) is 8. The monoisotopic (exact) mass is 993 g/mol. The van der Waals surface area contributed by atoms with Crippen molar-refractivity contribution in [2.45, 2.75) is 32.0 Å². The van der Waals surface area contributed by atoms with Gasteiger partial charge < -0.3 is 19.1 Å². The van der Waals surface area contributed by atoms with Crippen molar-refractivity contribution in [2.24, 2.45) is 15.6 Å². The zero-order chi connectivity index (χ0) is 52.6. The Balaban J connectivity index is 0.984. The first-order valence-corrected chi connectivity index (χ1v) is 25.5. The van der Waals surface area contributed by atoms with Crippen LogP contribution < -0.4 is 4.90 Å². The van der Waals surface area contributed by atoms with E-state index >= 15 is 0 Å². The van der Waals surface area contributed by atoms with Crippen LogP contribution in [0.5, 0.6) is 0 Å². The van der Waals surface area contributed by atoms with Gasteiger partial charge in [0.15, 0.2) is 0 Å². The first-order chi connectivity index (χ1) is 37.2. The van der Waals surface area contributed by atoms with E-state index in [1.165, 1.54) is 0 Å². The quantitative estimate of drug-likeness (QED) is 0.0454. The third-order valence-electron chi connectivity index (χ3n) is 13.3. The van der Waals surface area contributed by atoms with Crippen LogP contribution in [0, 0.1) is 28.1 Å². The summed E-state index contributed by atoms with van der Waals surface area (Å²) in [5.74, 6) is 1.21. The molecule has 0 spiro atoms. The van der Waals surface area contributed by atoms with Crippen LogP contribution in [0.25, 0.3) is 6.08 Å². The average molecular weight is 994 g/mol. The number of benzene rings is 8. The number of nitrogens with zero attached hydrogens (tertiary/aromatic N) is 5. The number of hydrogen-bond donors (Lipinski definition) is 0. The molecule has 0 N–H and O–H groups in total. The lowest BCUT2D eigenvalue weighted by Crippen LogP contribution is -2.39. The lowest BCUT2D eigenvalue weighted by molar-refractivity contribution is 0.00967. The molecule has 1 heterocycles. The van der Waals surface area contributed by atoms with E-state index in [2.05, 4.69) is 173 Å². The molecule has 0 fully saturated rings. The normalized spacial score (nSPS) is 12.8. The molecule has 0 amide bonds. The van der Waals surface area contributed by atoms with Crippen LogP contribution in [0.3, 0.4) is 0 Å². The second-order valence-corrected chi connectivity index (χ2v) is 19.3. The maximum Gasteiger partial charge on any atom is 0.143 e. The third-order valence-corrected chi connectivity index (χ3v) is 13.3. The number of ether oxygens (including phenoxy) is 3. The van der Waals surface area contributed by atoms with Crippen molar-refractivity contribution in [2.75, 3.05) is 31.2 Å². The Hall–Kier alpha value is -9.18. The van der Waals surface area contributed by atoms with E-state index in [1.54, 1.807) is 12.2 Å². The fraction of sp³-hybridized carbons (Fsp3) is 0.147. The highest BCUT2D eigenvalue weighted by Gasteiger charge is 2.39. The van der Waals surface area contributed by atoms with Crippen molar-refractivity contribution in [3.63, 3.8) is 0 Å². The minimum Gasteiger partial charge on any atom is -0.461 e. The zero-order valence-corrected chi connectivity index (χ0v) is 43.0. The molecule has 8 nitrogen and oxygen atoms in total. The van der Waals surface area contributed by atoms with Gasteiger partial charge in [0, 0.05) is 29.8 Å². The van der Waals surface area contributed by atoms with Gasteiger partial charge in [-0.3, -0.25) is 0 Å². The van der Waals surface area contributed by atoms with Gasteiger partial charge in [0.2, 0.25) is 0 Å². The Morgan fingerprint density at radius 3 is 1.17 bits per heavy atom. The highest BCUT2D eigenvalue weighted by molar-refractivity contribution is 5.60. The fourth-order valence-corrected chi connectivity index (χ4v) is 9.47. The molecule has 76 heavy (non-hydrogen) atoms. The van der Waals surface area contributed by atoms with E-state index in [1.807, 2.05) is 118 Å². The fourth-order valence-electron chi connectivity index (χ4n) is 9.47. The van der Waals surface area contributed by atoms with E-state index in [0.29, 0.717) is 54.8 Å². The lowest BCUT2D eigenvalue weighted by atomic mass is 9.80. The molecule has 8 heteroatoms. The Morgan fingerprint density at radius 1 is 0.474 bits per heavy atom. The minimum absolute atomic E-state index is 0.0365. The molecule has 0 unspecified atom stereocenters. The van der Waals surface area contributed by atoms with Gasteiger partial charge in [0.1, 0.15) is 40.4 Å². The molecule has 0 atom stereocenters. The molecule has 0 saturated carbocycles. The summed E-state index contributed by atoms with van der Waals surface area (Å²) >= 11 is 0. The van der Waals surface area contributed by atoms with Crippen LogP contribution in [-0.4, -0.2) is 26.3 Å². The van der Waals surface area contributed by atoms with Crippen LogP contribution in [-0.2, 0) is 25.4 Å². The average Bonchev–Trinajstić information content (AvgIpc) is 3.48. The SMILES string of the molecule is CC(C)(C)C1=CC(=C(C#N)C#N)C=C(/C=C/c2ccc(N=Nc3ccc(N(CCOC(c4ccccc4)(c4ccccc4)c4ccccc4)CCOC(c4ccccc4)(c4ccccc4)c4ccccc4)cc3)cc2)O1. The van der Waals surface area contributed by atoms with E-state index in [-0.39, 0.29) is 11.0 Å². The van der Waals surface area contributed by atoms with Gasteiger partial charge in [-0.25, -0.2) is 0 Å². The molecular formula is C68H59N5O3. The third kappa shape index (κ3) is 11.9. The maximum absolute atomic E-state index is 9.55. The van der Waals surface area contributed by atoms with Crippen molar-refractivity contribution in [1.82, 2.24) is 0 Å². The Kier molecular flexibility index (Phi) is 16.5. The summed E-state index contributed by atoms with van der Waals surface area (Å²) in [4.78, 5) is 2.32. The number of allylic oxidation sites excluding steroid dienone is 6. The Morgan fingerprint density at radius 2 is 0.829 bits per heavy atom. The Bertz CT molecular complexity index is 3070. The van der Waals surface area contributed by atoms with E-state index in [4.69, 9.17) is 14.2 Å². The molecule has 1 aliphatic rings. The standard InChI is InChI=1S/C68H59N5O3/c1-66(2,3)65-49-53(54(50-69)51-70)48-64(76-65)43-36-52-34-37-61(38-35-52)71-72-62-39-41-63(42-40-62)73(44-46-74-67(55-22-10-4-11-23-55,56-24-12-5-13-25-56)57-26-14-6-15-27-57)45-47-75-68(58-28-16-7-17-29-58,59-30-18-8-19-31-59)60-32-20-9-21-33-60/h4-43,48-49H,44-47H2,1-3H3/b43-36+,72-71?. The highest BCUT2D eigenvalue weighted by Crippen LogP contribution is 2.42. The van der Waals surface area contributed by atoms with Crippen molar-refractivity contribution < 1.29 is 14.2 Å². The highest BCUT2D eigenvalue weighted by atomic mass is 16.5. The summed E-state index contributed by atoms with van der Waals surface area (Å²) in [6.45, 7) is 7.93. The smallest absolute Gasteiger partial charge is 0.143 e. The molecule has 374 valence electrons. The molecule has 1 aliphatic heterocycles. The molecule has 8 aromatic carbocycles. The molecule has 0 aliphatic carbocycles. The van der Waals surface area contributed by atoms with Crippen molar-refractivity contribution in [1.29, 1.82) is 10.5 Å². The van der Waals surface area contributed by atoms with Crippen LogP contribution in [0.4, 0.5) is 17.1 Å². The summed E-state index contributed by atoms with van der Waals surface area (Å²) < 4.78 is 20.9. The molecule has 0 bridgehead atoms. The van der Waals surface area contributed by atoms with Crippen molar-refractivity contribution in [3.8, 4) is 12.1 Å². The second-order valence-electron chi connectivity index (χ2n) is 19.3. The first kappa shape index (κ1) is 51.7. The molecule has 9 rings (SSSR count). The lowest BCUT2D eigenvalue weighted by Gasteiger charge is -2.38. The minimum atomic E-state index is -0.883. The van der Waals surface area contributed by atoms with E-state index < -0.39 is 11.2 Å². The first-order valence-electron chi connectivity index (χ1n) is 25.5. The number of anilines is 1. The van der Waals surface area contributed by atoms with Gasteiger partial charge in [0.25, 0.3) is 0 Å². The summed E-state index contributed by atoms with van der Waals surface area (Å²) in [6, 6.07) is 82.7. The van der Waals surface area contributed by atoms with Crippen LogP contribution in [0.2, 0.25) is 0 Å². The van der Waals surface area contributed by atoms with Crippen LogP contribution in [0.1, 0.15) is 59.7 Å². The largest absolute Gasteiger partial charge is 0.461 e. The van der Waals surface area contributed by atoms with Crippen LogP contribution in [0.15, 0.2) is 282 Å². The van der Waals surface area contributed by atoms with Gasteiger partial charge in [-0.15, -0.1) is 0 Å². The van der Waals surface area contributed by atoms with Gasteiger partial charge in [-0.2, -0.15) is 20.8 Å². The maximum atomic E-state index is 9.55. The van der Waals surface area contributed by atoms with Gasteiger partial charge >= 0.3 is 0 Å². The molecule has 8 aromatic rings. The topological polar surface area (TPSA) is 103 Å². The molecule has 0 saturated heterocycles. The zero-order valence-electron chi connectivity index (χ0n) is 43.0. The summed E-state index contributed by atoms with van der Waals surface area (Å²) in [5, 5.41) is 28.3. The van der Waals surface area contributed by atoms with Gasteiger partial charge in [0.05, 0.1) is 24.6 Å². The predicted octanol–water partition coefficient (Wildman–Crippen LogP) is 16.1. The van der Waals surface area contributed by atoms with Crippen molar-refractivity contribution >= 4 is 23.1 Å². The molecule has 0 aromatic heterocycles. The summed E-state index contributed by atoms with van der Waals surface area (Å²) in [5.41, 5.74) is 8.03. The second kappa shape index (κ2) is 24.2. The molecule has 0 radical (unpaired) electrons. The summed E-state index contributed by atoms with van der Waals surface area (Å²) in [6.07, 6.45) is 7.23. The number of nitriles is 2.